The van der Waals surface area contributed by atoms with Crippen molar-refractivity contribution in [2.45, 2.75) is 44.9 Å². The monoisotopic (exact) mass is 348 g/mol. The first-order valence-electron chi connectivity index (χ1n) is 6.93. The van der Waals surface area contributed by atoms with E-state index in [1.54, 1.807) is 6.07 Å². The Kier molecular flexibility index (Phi) is 9.35. The fourth-order valence-corrected chi connectivity index (χ4v) is 2.56. The van der Waals surface area contributed by atoms with Crippen molar-refractivity contribution in [3.05, 3.63) is 28.5 Å². The summed E-state index contributed by atoms with van der Waals surface area (Å²) >= 11 is 7.49. The summed E-state index contributed by atoms with van der Waals surface area (Å²) in [6.07, 6.45) is 8.64. The smallest absolute Gasteiger partial charge is 0.133 e. The molecule has 108 valence electrons. The SMILES string of the molecule is Fc1ccc(OCCCCCCCCCS)c(Br)c1. The van der Waals surface area contributed by atoms with E-state index in [2.05, 4.69) is 28.6 Å². The van der Waals surface area contributed by atoms with Crippen molar-refractivity contribution in [1.29, 1.82) is 0 Å². The van der Waals surface area contributed by atoms with Crippen molar-refractivity contribution in [2.75, 3.05) is 12.4 Å². The topological polar surface area (TPSA) is 9.23 Å². The average molecular weight is 349 g/mol. The van der Waals surface area contributed by atoms with Crippen LogP contribution in [0.5, 0.6) is 5.75 Å². The molecule has 1 rings (SSSR count). The molecule has 4 heteroatoms. The van der Waals surface area contributed by atoms with Gasteiger partial charge >= 0.3 is 0 Å². The molecular weight excluding hydrogens is 327 g/mol. The van der Waals surface area contributed by atoms with Crippen LogP contribution in [0.1, 0.15) is 44.9 Å². The zero-order chi connectivity index (χ0) is 13.9. The van der Waals surface area contributed by atoms with E-state index in [0.717, 1.165) is 17.9 Å². The van der Waals surface area contributed by atoms with Gasteiger partial charge in [0.2, 0.25) is 0 Å². The van der Waals surface area contributed by atoms with Gasteiger partial charge in [-0.05, 0) is 52.7 Å². The third-order valence-corrected chi connectivity index (χ3v) is 3.89. The summed E-state index contributed by atoms with van der Waals surface area (Å²) in [4.78, 5) is 0. The summed E-state index contributed by atoms with van der Waals surface area (Å²) in [6.45, 7) is 0.695. The fraction of sp³-hybridized carbons (Fsp3) is 0.600. The van der Waals surface area contributed by atoms with Crippen LogP contribution in [0.4, 0.5) is 4.39 Å². The maximum atomic E-state index is 12.9. The van der Waals surface area contributed by atoms with Gasteiger partial charge in [0.25, 0.3) is 0 Å². The molecule has 0 aliphatic heterocycles. The lowest BCUT2D eigenvalue weighted by atomic mass is 10.1. The highest BCUT2D eigenvalue weighted by Gasteiger charge is 2.02. The predicted octanol–water partition coefficient (Wildman–Crippen LogP) is 5.63. The molecule has 1 aromatic rings. The summed E-state index contributed by atoms with van der Waals surface area (Å²) in [5, 5.41) is 0. The number of ether oxygens (including phenoxy) is 1. The fourth-order valence-electron chi connectivity index (χ4n) is 1.87. The molecule has 0 atom stereocenters. The Morgan fingerprint density at radius 1 is 1.00 bits per heavy atom. The first-order valence-corrected chi connectivity index (χ1v) is 8.35. The van der Waals surface area contributed by atoms with E-state index in [1.807, 2.05) is 0 Å². The van der Waals surface area contributed by atoms with Crippen LogP contribution in [0.3, 0.4) is 0 Å². The molecule has 0 fully saturated rings. The molecule has 1 aromatic carbocycles. The molecule has 19 heavy (non-hydrogen) atoms. The van der Waals surface area contributed by atoms with Crippen molar-refractivity contribution >= 4 is 28.6 Å². The summed E-state index contributed by atoms with van der Waals surface area (Å²) in [6, 6.07) is 4.51. The third kappa shape index (κ3) is 7.83. The van der Waals surface area contributed by atoms with Crippen LogP contribution in [-0.2, 0) is 0 Å². The molecule has 1 nitrogen and oxygen atoms in total. The van der Waals surface area contributed by atoms with Gasteiger partial charge in [-0.15, -0.1) is 0 Å². The Bertz CT molecular complexity index is 360. The quantitative estimate of drug-likeness (QED) is 0.426. The van der Waals surface area contributed by atoms with Gasteiger partial charge in [0, 0.05) is 0 Å². The number of halogens is 2. The second-order valence-corrected chi connectivity index (χ2v) is 5.92. The molecule has 0 aliphatic rings. The van der Waals surface area contributed by atoms with Gasteiger partial charge in [0.15, 0.2) is 0 Å². The molecule has 0 saturated heterocycles. The van der Waals surface area contributed by atoms with Crippen LogP contribution in [0.25, 0.3) is 0 Å². The maximum absolute atomic E-state index is 12.9. The van der Waals surface area contributed by atoms with Gasteiger partial charge in [0.1, 0.15) is 11.6 Å². The molecule has 0 radical (unpaired) electrons. The highest BCUT2D eigenvalue weighted by Crippen LogP contribution is 2.25. The van der Waals surface area contributed by atoms with Crippen LogP contribution < -0.4 is 4.74 Å². The van der Waals surface area contributed by atoms with E-state index in [1.165, 1.54) is 50.7 Å². The van der Waals surface area contributed by atoms with Gasteiger partial charge in [0.05, 0.1) is 11.1 Å². The van der Waals surface area contributed by atoms with E-state index < -0.39 is 0 Å². The highest BCUT2D eigenvalue weighted by atomic mass is 79.9. The minimum absolute atomic E-state index is 0.250. The molecule has 0 amide bonds. The minimum atomic E-state index is -0.250. The second kappa shape index (κ2) is 10.6. The normalized spacial score (nSPS) is 10.7. The molecule has 0 N–H and O–H groups in total. The van der Waals surface area contributed by atoms with Crippen LogP contribution in [0, 0.1) is 5.82 Å². The van der Waals surface area contributed by atoms with Crippen LogP contribution in [0.2, 0.25) is 0 Å². The molecule has 0 bridgehead atoms. The molecule has 0 saturated carbocycles. The third-order valence-electron chi connectivity index (χ3n) is 2.95. The largest absolute Gasteiger partial charge is 0.492 e. The lowest BCUT2D eigenvalue weighted by molar-refractivity contribution is 0.302. The molecule has 0 heterocycles. The molecular formula is C15H22BrFOS. The summed E-state index contributed by atoms with van der Waals surface area (Å²) in [5.74, 6) is 1.47. The van der Waals surface area contributed by atoms with Crippen molar-refractivity contribution in [3.63, 3.8) is 0 Å². The van der Waals surface area contributed by atoms with E-state index in [9.17, 15) is 4.39 Å². The Morgan fingerprint density at radius 3 is 2.26 bits per heavy atom. The van der Waals surface area contributed by atoms with E-state index in [4.69, 9.17) is 4.74 Å². The van der Waals surface area contributed by atoms with Crippen molar-refractivity contribution in [3.8, 4) is 5.75 Å². The first kappa shape index (κ1) is 16.8. The summed E-state index contributed by atoms with van der Waals surface area (Å²) in [5.41, 5.74) is 0. The van der Waals surface area contributed by atoms with Gasteiger partial charge in [-0.3, -0.25) is 0 Å². The van der Waals surface area contributed by atoms with Gasteiger partial charge in [-0.25, -0.2) is 4.39 Å². The lowest BCUT2D eigenvalue weighted by Gasteiger charge is -2.08. The van der Waals surface area contributed by atoms with Gasteiger partial charge in [-0.1, -0.05) is 32.1 Å². The number of thiol groups is 1. The maximum Gasteiger partial charge on any atom is 0.133 e. The molecule has 0 unspecified atom stereocenters. The number of hydrogen-bond acceptors (Lipinski definition) is 2. The average Bonchev–Trinajstić information content (AvgIpc) is 2.39. The highest BCUT2D eigenvalue weighted by molar-refractivity contribution is 9.10. The summed E-state index contributed by atoms with van der Waals surface area (Å²) in [7, 11) is 0. The van der Waals surface area contributed by atoms with Crippen molar-refractivity contribution < 1.29 is 9.13 Å². The summed E-state index contributed by atoms with van der Waals surface area (Å²) < 4.78 is 19.2. The Hall–Kier alpha value is -0.220. The predicted molar refractivity (Wildman–Crippen MR) is 85.8 cm³/mol. The van der Waals surface area contributed by atoms with E-state index >= 15 is 0 Å². The van der Waals surface area contributed by atoms with Crippen LogP contribution in [0.15, 0.2) is 22.7 Å². The van der Waals surface area contributed by atoms with E-state index in [0.29, 0.717) is 11.1 Å². The van der Waals surface area contributed by atoms with Gasteiger partial charge in [-0.2, -0.15) is 12.6 Å². The number of hydrogen-bond donors (Lipinski definition) is 1. The minimum Gasteiger partial charge on any atom is -0.492 e. The van der Waals surface area contributed by atoms with Crippen molar-refractivity contribution in [1.82, 2.24) is 0 Å². The molecule has 0 aliphatic carbocycles. The van der Waals surface area contributed by atoms with E-state index in [-0.39, 0.29) is 5.82 Å². The van der Waals surface area contributed by atoms with Gasteiger partial charge < -0.3 is 4.74 Å². The Labute approximate surface area is 129 Å². The second-order valence-electron chi connectivity index (χ2n) is 4.62. The number of unbranched alkanes of at least 4 members (excludes halogenated alkanes) is 6. The molecule has 0 spiro atoms. The zero-order valence-electron chi connectivity index (χ0n) is 11.2. The number of benzene rings is 1. The Balaban J connectivity index is 2.01. The van der Waals surface area contributed by atoms with Crippen LogP contribution in [-0.4, -0.2) is 12.4 Å². The van der Waals surface area contributed by atoms with Crippen LogP contribution >= 0.6 is 28.6 Å². The Morgan fingerprint density at radius 2 is 1.63 bits per heavy atom. The van der Waals surface area contributed by atoms with Crippen molar-refractivity contribution in [2.24, 2.45) is 0 Å². The first-order chi connectivity index (χ1) is 9.24. The standard InChI is InChI=1S/C15H22BrFOS/c16-14-12-13(17)8-9-15(14)18-10-6-4-2-1-3-5-7-11-19/h8-9,12,19H,1-7,10-11H2. The molecule has 0 aromatic heterocycles. The zero-order valence-corrected chi connectivity index (χ0v) is 13.7. The lowest BCUT2D eigenvalue weighted by Crippen LogP contribution is -1.98. The number of rotatable bonds is 10.